The Morgan fingerprint density at radius 1 is 1.21 bits per heavy atom. The number of halogens is 1. The Morgan fingerprint density at radius 2 is 1.95 bits per heavy atom. The number of aromatic nitrogens is 1. The summed E-state index contributed by atoms with van der Waals surface area (Å²) in [5, 5.41) is 3.93. The topological polar surface area (TPSA) is 34.1 Å². The Kier molecular flexibility index (Phi) is 4.27. The number of nitrogens with zero attached hydrogens (tertiary/aromatic N) is 1. The van der Waals surface area contributed by atoms with Crippen molar-refractivity contribution in [1.29, 1.82) is 0 Å². The van der Waals surface area contributed by atoms with Crippen molar-refractivity contribution in [3.05, 3.63) is 52.8 Å². The van der Waals surface area contributed by atoms with Crippen molar-refractivity contribution >= 4 is 17.3 Å². The lowest BCUT2D eigenvalue weighted by Crippen LogP contribution is -2.09. The van der Waals surface area contributed by atoms with Crippen LogP contribution in [0.15, 0.2) is 36.4 Å². The summed E-state index contributed by atoms with van der Waals surface area (Å²) in [6.45, 7) is 4.02. The van der Waals surface area contributed by atoms with E-state index >= 15 is 0 Å². The molecule has 1 aromatic carbocycles. The molecule has 1 aromatic heterocycles. The number of hydrogen-bond acceptors (Lipinski definition) is 3. The van der Waals surface area contributed by atoms with Crippen molar-refractivity contribution in [2.24, 2.45) is 0 Å². The van der Waals surface area contributed by atoms with Crippen LogP contribution in [0.1, 0.15) is 24.2 Å². The van der Waals surface area contributed by atoms with Crippen molar-refractivity contribution < 1.29 is 4.74 Å². The van der Waals surface area contributed by atoms with Gasteiger partial charge in [0.1, 0.15) is 10.9 Å². The molecule has 100 valence electrons. The smallest absolute Gasteiger partial charge is 0.129 e. The molecule has 19 heavy (non-hydrogen) atoms. The monoisotopic (exact) mass is 276 g/mol. The predicted molar refractivity (Wildman–Crippen MR) is 79.0 cm³/mol. The molecule has 0 aliphatic heterocycles. The highest BCUT2D eigenvalue weighted by Gasteiger charge is 2.11. The molecule has 3 nitrogen and oxygen atoms in total. The molecule has 2 rings (SSSR count). The van der Waals surface area contributed by atoms with Crippen LogP contribution in [0.2, 0.25) is 5.15 Å². The molecule has 0 amide bonds. The lowest BCUT2D eigenvalue weighted by Gasteiger charge is -2.19. The normalized spacial score (nSPS) is 12.0. The summed E-state index contributed by atoms with van der Waals surface area (Å²) in [5.41, 5.74) is 2.97. The minimum atomic E-state index is 0.123. The quantitative estimate of drug-likeness (QED) is 0.849. The van der Waals surface area contributed by atoms with Gasteiger partial charge in [-0.15, -0.1) is 0 Å². The Labute approximate surface area is 118 Å². The lowest BCUT2D eigenvalue weighted by molar-refractivity contribution is 0.408. The van der Waals surface area contributed by atoms with Gasteiger partial charge in [-0.05, 0) is 32.0 Å². The molecule has 0 aliphatic rings. The van der Waals surface area contributed by atoms with E-state index in [0.717, 1.165) is 22.7 Å². The molecule has 0 aliphatic carbocycles. The van der Waals surface area contributed by atoms with Gasteiger partial charge < -0.3 is 10.1 Å². The van der Waals surface area contributed by atoms with Gasteiger partial charge >= 0.3 is 0 Å². The number of nitrogens with one attached hydrogen (secondary N) is 1. The first-order valence-corrected chi connectivity index (χ1v) is 6.52. The number of ether oxygens (including phenoxy) is 1. The van der Waals surface area contributed by atoms with Gasteiger partial charge in [0.2, 0.25) is 0 Å². The standard InChI is InChI=1S/C15H17ClN2O/c1-10(12-6-4-5-7-14(12)19-3)17-13-8-9-15(16)18-11(13)2/h4-10,17H,1-3H3. The fraction of sp³-hybridized carbons (Fsp3) is 0.267. The van der Waals surface area contributed by atoms with Crippen LogP contribution in [0.5, 0.6) is 5.75 Å². The number of para-hydroxylation sites is 1. The van der Waals surface area contributed by atoms with E-state index in [1.54, 1.807) is 13.2 Å². The highest BCUT2D eigenvalue weighted by molar-refractivity contribution is 6.29. The summed E-state index contributed by atoms with van der Waals surface area (Å²) in [7, 11) is 1.68. The molecule has 1 unspecified atom stereocenters. The van der Waals surface area contributed by atoms with Crippen molar-refractivity contribution in [2.75, 3.05) is 12.4 Å². The van der Waals surface area contributed by atoms with Crippen LogP contribution in [0, 0.1) is 6.92 Å². The summed E-state index contributed by atoms with van der Waals surface area (Å²) in [5.74, 6) is 0.877. The Hall–Kier alpha value is -1.74. The van der Waals surface area contributed by atoms with Gasteiger partial charge in [-0.3, -0.25) is 0 Å². The van der Waals surface area contributed by atoms with Gasteiger partial charge in [0.05, 0.1) is 24.5 Å². The Balaban J connectivity index is 2.23. The van der Waals surface area contributed by atoms with Crippen LogP contribution in [-0.2, 0) is 0 Å². The number of hydrogen-bond donors (Lipinski definition) is 1. The van der Waals surface area contributed by atoms with Gasteiger partial charge in [-0.2, -0.15) is 0 Å². The maximum atomic E-state index is 5.86. The van der Waals surface area contributed by atoms with E-state index in [9.17, 15) is 0 Å². The summed E-state index contributed by atoms with van der Waals surface area (Å²) in [6, 6.07) is 11.8. The summed E-state index contributed by atoms with van der Waals surface area (Å²) >= 11 is 5.86. The molecule has 2 aromatic rings. The minimum absolute atomic E-state index is 0.123. The number of anilines is 1. The maximum Gasteiger partial charge on any atom is 0.129 e. The third-order valence-electron chi connectivity index (χ3n) is 3.03. The fourth-order valence-electron chi connectivity index (χ4n) is 2.02. The van der Waals surface area contributed by atoms with Crippen molar-refractivity contribution in [3.8, 4) is 5.75 Å². The second-order valence-electron chi connectivity index (χ2n) is 4.37. The highest BCUT2D eigenvalue weighted by atomic mass is 35.5. The Bertz CT molecular complexity index is 572. The summed E-state index contributed by atoms with van der Waals surface area (Å²) in [4.78, 5) is 4.23. The van der Waals surface area contributed by atoms with E-state index in [2.05, 4.69) is 23.3 Å². The average molecular weight is 277 g/mol. The van der Waals surface area contributed by atoms with Crippen LogP contribution < -0.4 is 10.1 Å². The van der Waals surface area contributed by atoms with Gasteiger partial charge in [0.15, 0.2) is 0 Å². The Morgan fingerprint density at radius 3 is 2.63 bits per heavy atom. The van der Waals surface area contributed by atoms with E-state index in [1.807, 2.05) is 31.2 Å². The number of pyridine rings is 1. The van der Waals surface area contributed by atoms with Gasteiger partial charge in [-0.1, -0.05) is 29.8 Å². The first-order valence-electron chi connectivity index (χ1n) is 6.14. The maximum absolute atomic E-state index is 5.86. The van der Waals surface area contributed by atoms with Crippen LogP contribution in [0.4, 0.5) is 5.69 Å². The predicted octanol–water partition coefficient (Wildman–Crippen LogP) is 4.23. The molecule has 1 N–H and O–H groups in total. The van der Waals surface area contributed by atoms with E-state index in [-0.39, 0.29) is 6.04 Å². The molecule has 0 spiro atoms. The molecule has 4 heteroatoms. The third kappa shape index (κ3) is 3.18. The van der Waals surface area contributed by atoms with Gasteiger partial charge in [0.25, 0.3) is 0 Å². The van der Waals surface area contributed by atoms with E-state index < -0.39 is 0 Å². The largest absolute Gasteiger partial charge is 0.496 e. The zero-order valence-electron chi connectivity index (χ0n) is 11.3. The summed E-state index contributed by atoms with van der Waals surface area (Å²) in [6.07, 6.45) is 0. The molecule has 0 radical (unpaired) electrons. The lowest BCUT2D eigenvalue weighted by atomic mass is 10.1. The van der Waals surface area contributed by atoms with Crippen LogP contribution in [-0.4, -0.2) is 12.1 Å². The third-order valence-corrected chi connectivity index (χ3v) is 3.24. The number of benzene rings is 1. The second kappa shape index (κ2) is 5.93. The second-order valence-corrected chi connectivity index (χ2v) is 4.76. The first-order chi connectivity index (χ1) is 9.11. The number of methoxy groups -OCH3 is 1. The van der Waals surface area contributed by atoms with Gasteiger partial charge in [0, 0.05) is 5.56 Å². The van der Waals surface area contributed by atoms with E-state index in [4.69, 9.17) is 16.3 Å². The fourth-order valence-corrected chi connectivity index (χ4v) is 2.21. The molecule has 0 fully saturated rings. The van der Waals surface area contributed by atoms with Crippen LogP contribution in [0.3, 0.4) is 0 Å². The van der Waals surface area contributed by atoms with Crippen molar-refractivity contribution in [1.82, 2.24) is 4.98 Å². The zero-order valence-corrected chi connectivity index (χ0v) is 12.0. The average Bonchev–Trinajstić information content (AvgIpc) is 2.41. The number of rotatable bonds is 4. The van der Waals surface area contributed by atoms with Gasteiger partial charge in [-0.25, -0.2) is 4.98 Å². The SMILES string of the molecule is COc1ccccc1C(C)Nc1ccc(Cl)nc1C. The van der Waals surface area contributed by atoms with E-state index in [1.165, 1.54) is 0 Å². The number of aryl methyl sites for hydroxylation is 1. The highest BCUT2D eigenvalue weighted by Crippen LogP contribution is 2.28. The zero-order chi connectivity index (χ0) is 13.8. The van der Waals surface area contributed by atoms with Crippen molar-refractivity contribution in [2.45, 2.75) is 19.9 Å². The molecule has 1 atom stereocenters. The minimum Gasteiger partial charge on any atom is -0.496 e. The molecular weight excluding hydrogens is 260 g/mol. The first kappa shape index (κ1) is 13.7. The summed E-state index contributed by atoms with van der Waals surface area (Å²) < 4.78 is 5.38. The molecule has 0 saturated carbocycles. The molecule has 0 bridgehead atoms. The van der Waals surface area contributed by atoms with E-state index in [0.29, 0.717) is 5.15 Å². The molecular formula is C15H17ClN2O. The molecule has 0 saturated heterocycles. The van der Waals surface area contributed by atoms with Crippen molar-refractivity contribution in [3.63, 3.8) is 0 Å². The van der Waals surface area contributed by atoms with Crippen LogP contribution >= 0.6 is 11.6 Å². The molecule has 1 heterocycles. The van der Waals surface area contributed by atoms with Crippen LogP contribution in [0.25, 0.3) is 0 Å².